The Morgan fingerprint density at radius 1 is 0.968 bits per heavy atom. The van der Waals surface area contributed by atoms with Crippen molar-refractivity contribution in [3.05, 3.63) is 64.6 Å². The Balaban J connectivity index is 1.26. The molecule has 0 saturated carbocycles. The second-order valence-corrected chi connectivity index (χ2v) is 7.49. The van der Waals surface area contributed by atoms with Crippen molar-refractivity contribution in [1.82, 2.24) is 14.4 Å². The standard InChI is InChI=1S/C23H25N3O5/c1-30-18-10-8-17(9-11-18)22(28)25-15-13-24(14-16-25)21(27)7-4-12-26-19-5-2-3-6-20(19)31-23(26)29/h2-3,5-6,8-11H,4,7,12-16H2,1H3. The normalized spacial score (nSPS) is 14.1. The van der Waals surface area contributed by atoms with Gasteiger partial charge in [-0.3, -0.25) is 14.2 Å². The summed E-state index contributed by atoms with van der Waals surface area (Å²) in [5.41, 5.74) is 1.90. The number of benzene rings is 2. The number of rotatable bonds is 6. The summed E-state index contributed by atoms with van der Waals surface area (Å²) in [5.74, 6) is 0.301. The maximum absolute atomic E-state index is 12.7. The number of ether oxygens (including phenoxy) is 1. The summed E-state index contributed by atoms with van der Waals surface area (Å²) in [7, 11) is 1.59. The molecule has 2 aromatic carbocycles. The molecule has 8 heteroatoms. The summed E-state index contributed by atoms with van der Waals surface area (Å²) >= 11 is 0. The first kappa shape index (κ1) is 20.7. The summed E-state index contributed by atoms with van der Waals surface area (Å²) in [6, 6.07) is 14.3. The van der Waals surface area contributed by atoms with Gasteiger partial charge in [-0.05, 0) is 42.8 Å². The average molecular weight is 423 g/mol. The number of hydrogen-bond donors (Lipinski definition) is 0. The van der Waals surface area contributed by atoms with E-state index in [1.54, 1.807) is 51.8 Å². The van der Waals surface area contributed by atoms with Crippen LogP contribution in [0, 0.1) is 0 Å². The van der Waals surface area contributed by atoms with Crippen molar-refractivity contribution in [3.63, 3.8) is 0 Å². The molecule has 3 aromatic rings. The molecule has 1 aliphatic heterocycles. The van der Waals surface area contributed by atoms with E-state index in [9.17, 15) is 14.4 Å². The highest BCUT2D eigenvalue weighted by atomic mass is 16.5. The Hall–Kier alpha value is -3.55. The third-order valence-corrected chi connectivity index (χ3v) is 5.60. The quantitative estimate of drug-likeness (QED) is 0.608. The van der Waals surface area contributed by atoms with E-state index in [1.165, 1.54) is 0 Å². The Bertz CT molecular complexity index is 1120. The van der Waals surface area contributed by atoms with Crippen molar-refractivity contribution in [1.29, 1.82) is 0 Å². The maximum atomic E-state index is 12.7. The Morgan fingerprint density at radius 2 is 1.65 bits per heavy atom. The zero-order valence-electron chi connectivity index (χ0n) is 17.5. The molecule has 8 nitrogen and oxygen atoms in total. The monoisotopic (exact) mass is 423 g/mol. The van der Waals surface area contributed by atoms with Crippen LogP contribution in [0.4, 0.5) is 0 Å². The third kappa shape index (κ3) is 4.47. The number of fused-ring (bicyclic) bond motifs is 1. The van der Waals surface area contributed by atoms with E-state index in [1.807, 2.05) is 18.2 Å². The smallest absolute Gasteiger partial charge is 0.419 e. The van der Waals surface area contributed by atoms with Crippen LogP contribution >= 0.6 is 0 Å². The molecule has 0 bridgehead atoms. The Labute approximate surface area is 179 Å². The molecule has 2 amide bonds. The molecule has 31 heavy (non-hydrogen) atoms. The van der Waals surface area contributed by atoms with Gasteiger partial charge in [-0.1, -0.05) is 12.1 Å². The first-order valence-corrected chi connectivity index (χ1v) is 10.4. The van der Waals surface area contributed by atoms with Gasteiger partial charge in [0, 0.05) is 44.7 Å². The predicted molar refractivity (Wildman–Crippen MR) is 115 cm³/mol. The highest BCUT2D eigenvalue weighted by Gasteiger charge is 2.24. The molecular formula is C23H25N3O5. The lowest BCUT2D eigenvalue weighted by molar-refractivity contribution is -0.132. The van der Waals surface area contributed by atoms with Gasteiger partial charge in [-0.25, -0.2) is 4.79 Å². The zero-order chi connectivity index (χ0) is 21.8. The fourth-order valence-electron chi connectivity index (χ4n) is 3.85. The number of aryl methyl sites for hydroxylation is 1. The molecule has 1 aromatic heterocycles. The summed E-state index contributed by atoms with van der Waals surface area (Å²) < 4.78 is 11.9. The Morgan fingerprint density at radius 3 is 2.35 bits per heavy atom. The number of nitrogens with zero attached hydrogens (tertiary/aromatic N) is 3. The van der Waals surface area contributed by atoms with Gasteiger partial charge < -0.3 is 19.0 Å². The van der Waals surface area contributed by atoms with Crippen LogP contribution in [0.5, 0.6) is 5.75 Å². The van der Waals surface area contributed by atoms with Crippen LogP contribution in [0.2, 0.25) is 0 Å². The molecule has 0 atom stereocenters. The van der Waals surface area contributed by atoms with E-state index >= 15 is 0 Å². The third-order valence-electron chi connectivity index (χ3n) is 5.60. The van der Waals surface area contributed by atoms with Gasteiger partial charge in [-0.15, -0.1) is 0 Å². The largest absolute Gasteiger partial charge is 0.497 e. The minimum Gasteiger partial charge on any atom is -0.497 e. The SMILES string of the molecule is COc1ccc(C(=O)N2CCN(C(=O)CCCn3c(=O)oc4ccccc43)CC2)cc1. The minimum atomic E-state index is -0.403. The van der Waals surface area contributed by atoms with E-state index in [2.05, 4.69) is 0 Å². The van der Waals surface area contributed by atoms with Crippen LogP contribution in [0.3, 0.4) is 0 Å². The summed E-state index contributed by atoms with van der Waals surface area (Å²) in [5, 5.41) is 0. The number of piperazine rings is 1. The van der Waals surface area contributed by atoms with Crippen molar-refractivity contribution in [2.45, 2.75) is 19.4 Å². The second-order valence-electron chi connectivity index (χ2n) is 7.49. The first-order valence-electron chi connectivity index (χ1n) is 10.4. The molecule has 162 valence electrons. The van der Waals surface area contributed by atoms with E-state index in [0.29, 0.717) is 62.5 Å². The van der Waals surface area contributed by atoms with E-state index in [-0.39, 0.29) is 11.8 Å². The molecular weight excluding hydrogens is 398 g/mol. The van der Waals surface area contributed by atoms with Gasteiger partial charge in [0.15, 0.2) is 5.58 Å². The van der Waals surface area contributed by atoms with Crippen molar-refractivity contribution in [2.24, 2.45) is 0 Å². The molecule has 0 radical (unpaired) electrons. The van der Waals surface area contributed by atoms with Crippen LogP contribution < -0.4 is 10.5 Å². The van der Waals surface area contributed by atoms with Gasteiger partial charge in [0.05, 0.1) is 12.6 Å². The maximum Gasteiger partial charge on any atom is 0.419 e. The number of carbonyl (C=O) groups is 2. The van der Waals surface area contributed by atoms with E-state index in [0.717, 1.165) is 5.52 Å². The van der Waals surface area contributed by atoms with Crippen LogP contribution in [-0.2, 0) is 11.3 Å². The number of amides is 2. The summed E-state index contributed by atoms with van der Waals surface area (Å²) in [6.07, 6.45) is 0.894. The second kappa shape index (κ2) is 9.07. The van der Waals surface area contributed by atoms with Gasteiger partial charge in [0.2, 0.25) is 5.91 Å². The van der Waals surface area contributed by atoms with Gasteiger partial charge in [0.1, 0.15) is 5.75 Å². The van der Waals surface area contributed by atoms with Crippen LogP contribution in [0.15, 0.2) is 57.7 Å². The van der Waals surface area contributed by atoms with E-state index in [4.69, 9.17) is 9.15 Å². The molecule has 2 heterocycles. The van der Waals surface area contributed by atoms with Crippen LogP contribution in [0.25, 0.3) is 11.1 Å². The lowest BCUT2D eigenvalue weighted by atomic mass is 10.1. The van der Waals surface area contributed by atoms with Crippen LogP contribution in [-0.4, -0.2) is 59.5 Å². The van der Waals surface area contributed by atoms with Crippen molar-refractivity contribution < 1.29 is 18.7 Å². The number of carbonyl (C=O) groups excluding carboxylic acids is 2. The average Bonchev–Trinajstić information content (AvgIpc) is 3.13. The minimum absolute atomic E-state index is 0.0393. The number of methoxy groups -OCH3 is 1. The number of oxazole rings is 1. The zero-order valence-corrected chi connectivity index (χ0v) is 17.5. The predicted octanol–water partition coefficient (Wildman–Crippen LogP) is 2.37. The first-order chi connectivity index (χ1) is 15.1. The molecule has 4 rings (SSSR count). The Kier molecular flexibility index (Phi) is 6.06. The molecule has 0 N–H and O–H groups in total. The fourth-order valence-corrected chi connectivity index (χ4v) is 3.85. The van der Waals surface area contributed by atoms with Gasteiger partial charge in [0.25, 0.3) is 5.91 Å². The van der Waals surface area contributed by atoms with Gasteiger partial charge in [-0.2, -0.15) is 0 Å². The highest BCUT2D eigenvalue weighted by molar-refractivity contribution is 5.94. The number of para-hydroxylation sites is 2. The number of hydrogen-bond acceptors (Lipinski definition) is 5. The summed E-state index contributed by atoms with van der Waals surface area (Å²) in [6.45, 7) is 2.45. The van der Waals surface area contributed by atoms with Gasteiger partial charge >= 0.3 is 5.76 Å². The summed E-state index contributed by atoms with van der Waals surface area (Å²) in [4.78, 5) is 40.8. The molecule has 0 aliphatic carbocycles. The van der Waals surface area contributed by atoms with Crippen molar-refractivity contribution >= 4 is 22.9 Å². The lowest BCUT2D eigenvalue weighted by Crippen LogP contribution is -2.50. The van der Waals surface area contributed by atoms with Crippen molar-refractivity contribution in [3.8, 4) is 5.75 Å². The topological polar surface area (TPSA) is 85.0 Å². The molecule has 1 saturated heterocycles. The highest BCUT2D eigenvalue weighted by Crippen LogP contribution is 2.16. The fraction of sp³-hybridized carbons (Fsp3) is 0.348. The molecule has 0 unspecified atom stereocenters. The van der Waals surface area contributed by atoms with Crippen molar-refractivity contribution in [2.75, 3.05) is 33.3 Å². The van der Waals surface area contributed by atoms with E-state index < -0.39 is 5.76 Å². The number of aromatic nitrogens is 1. The van der Waals surface area contributed by atoms with Crippen LogP contribution in [0.1, 0.15) is 23.2 Å². The molecule has 1 aliphatic rings. The lowest BCUT2D eigenvalue weighted by Gasteiger charge is -2.35. The molecule has 1 fully saturated rings. The molecule has 0 spiro atoms.